The Kier molecular flexibility index (Phi) is 6.02. The van der Waals surface area contributed by atoms with Crippen molar-refractivity contribution in [3.8, 4) is 0 Å². The zero-order chi connectivity index (χ0) is 10.9. The maximum Gasteiger partial charge on any atom is 0.0919 e. The smallest absolute Gasteiger partial charge is 0.0919 e. The molecule has 0 amide bonds. The van der Waals surface area contributed by atoms with Crippen molar-refractivity contribution in [1.82, 2.24) is 0 Å². The van der Waals surface area contributed by atoms with Crippen LogP contribution in [-0.2, 0) is 0 Å². The zero-order valence-corrected chi connectivity index (χ0v) is 9.49. The second-order valence-electron chi connectivity index (χ2n) is 3.69. The molecule has 0 radical (unpaired) electrons. The maximum absolute atomic E-state index is 9.91. The Hall–Kier alpha value is -0.890. The van der Waals surface area contributed by atoms with E-state index in [-0.39, 0.29) is 6.04 Å². The van der Waals surface area contributed by atoms with Gasteiger partial charge in [-0.2, -0.15) is 4.91 Å². The molecule has 0 saturated heterocycles. The maximum atomic E-state index is 9.91. The van der Waals surface area contributed by atoms with E-state index < -0.39 is 0 Å². The summed E-state index contributed by atoms with van der Waals surface area (Å²) in [5.74, 6) is 0. The highest BCUT2D eigenvalue weighted by atomic mass is 35.5. The molecule has 0 aromatic heterocycles. The number of nitrogens with zero attached hydrogens (tertiary/aromatic N) is 1. The molecule has 1 fully saturated rings. The van der Waals surface area contributed by atoms with Crippen LogP contribution in [0.4, 0.5) is 0 Å². The summed E-state index contributed by atoms with van der Waals surface area (Å²) >= 11 is 5.54. The fourth-order valence-corrected chi connectivity index (χ4v) is 1.75. The number of benzene rings is 1. The normalized spacial score (nSPS) is 16.3. The number of hydrogen-bond donors (Lipinski definition) is 0. The largest absolute Gasteiger partial charge is 0.151 e. The highest BCUT2D eigenvalue weighted by Crippen LogP contribution is 2.19. The summed E-state index contributed by atoms with van der Waals surface area (Å²) in [6.45, 7) is 0. The van der Waals surface area contributed by atoms with E-state index in [1.165, 1.54) is 19.3 Å². The second kappa shape index (κ2) is 7.41. The monoisotopic (exact) mass is 225 g/mol. The molecule has 1 aliphatic rings. The third-order valence-electron chi connectivity index (χ3n) is 2.46. The molecule has 2 rings (SSSR count). The van der Waals surface area contributed by atoms with Gasteiger partial charge in [-0.25, -0.2) is 0 Å². The summed E-state index contributed by atoms with van der Waals surface area (Å²) in [6.07, 6.45) is 5.77. The van der Waals surface area contributed by atoms with Gasteiger partial charge in [0.05, 0.1) is 6.04 Å². The van der Waals surface area contributed by atoms with Gasteiger partial charge in [0, 0.05) is 5.02 Å². The van der Waals surface area contributed by atoms with Gasteiger partial charge < -0.3 is 0 Å². The van der Waals surface area contributed by atoms with E-state index in [9.17, 15) is 4.91 Å². The van der Waals surface area contributed by atoms with Crippen molar-refractivity contribution in [3.05, 3.63) is 40.3 Å². The lowest BCUT2D eigenvalue weighted by molar-refractivity contribution is 0.441. The fourth-order valence-electron chi connectivity index (χ4n) is 1.60. The van der Waals surface area contributed by atoms with Gasteiger partial charge in [0.15, 0.2) is 0 Å². The molecule has 0 spiro atoms. The Balaban J connectivity index is 0.000000151. The zero-order valence-electron chi connectivity index (χ0n) is 8.73. The molecule has 0 bridgehead atoms. The minimum atomic E-state index is 0.156. The fraction of sp³-hybridized carbons (Fsp3) is 0.500. The third kappa shape index (κ3) is 5.53. The first kappa shape index (κ1) is 12.2. The van der Waals surface area contributed by atoms with E-state index in [4.69, 9.17) is 11.6 Å². The Morgan fingerprint density at radius 3 is 2.00 bits per heavy atom. The molecule has 1 aromatic carbocycles. The Bertz CT molecular complexity index is 270. The summed E-state index contributed by atoms with van der Waals surface area (Å²) in [5.41, 5.74) is 0. The molecule has 0 N–H and O–H groups in total. The van der Waals surface area contributed by atoms with Crippen LogP contribution >= 0.6 is 11.6 Å². The standard InChI is InChI=1S/C6H5Cl.C6H11NO/c7-6-4-2-1-3-5-6;8-7-6-4-2-1-3-5-6/h1-5H;6H,1-5H2. The minimum Gasteiger partial charge on any atom is -0.151 e. The quantitative estimate of drug-likeness (QED) is 0.651. The van der Waals surface area contributed by atoms with E-state index in [0.29, 0.717) is 0 Å². The summed E-state index contributed by atoms with van der Waals surface area (Å²) in [4.78, 5) is 9.91. The van der Waals surface area contributed by atoms with Crippen molar-refractivity contribution < 1.29 is 0 Å². The molecule has 0 heterocycles. The summed E-state index contributed by atoms with van der Waals surface area (Å²) in [7, 11) is 0. The van der Waals surface area contributed by atoms with E-state index in [1.54, 1.807) is 0 Å². The SMILES string of the molecule is Clc1ccccc1.O=NC1CCCCC1. The average Bonchev–Trinajstić information content (AvgIpc) is 2.32. The van der Waals surface area contributed by atoms with E-state index in [1.807, 2.05) is 30.3 Å². The van der Waals surface area contributed by atoms with Crippen LogP contribution in [0.3, 0.4) is 0 Å². The molecule has 82 valence electrons. The Labute approximate surface area is 95.6 Å². The molecule has 15 heavy (non-hydrogen) atoms. The van der Waals surface area contributed by atoms with E-state index >= 15 is 0 Å². The predicted molar refractivity (Wildman–Crippen MR) is 64.1 cm³/mol. The van der Waals surface area contributed by atoms with Gasteiger partial charge in [0.25, 0.3) is 0 Å². The van der Waals surface area contributed by atoms with Crippen LogP contribution < -0.4 is 0 Å². The summed E-state index contributed by atoms with van der Waals surface area (Å²) in [5, 5.41) is 3.79. The van der Waals surface area contributed by atoms with Crippen LogP contribution in [0.15, 0.2) is 35.5 Å². The molecule has 1 aliphatic carbocycles. The number of halogens is 1. The van der Waals surface area contributed by atoms with Crippen molar-refractivity contribution in [1.29, 1.82) is 0 Å². The molecule has 0 aliphatic heterocycles. The number of hydrogen-bond acceptors (Lipinski definition) is 2. The van der Waals surface area contributed by atoms with Gasteiger partial charge in [0.2, 0.25) is 0 Å². The molecule has 2 nitrogen and oxygen atoms in total. The lowest BCUT2D eigenvalue weighted by atomic mass is 9.96. The first-order valence-corrected chi connectivity index (χ1v) is 5.73. The highest BCUT2D eigenvalue weighted by Gasteiger charge is 2.11. The van der Waals surface area contributed by atoms with Gasteiger partial charge in [-0.05, 0) is 25.0 Å². The molecule has 1 aromatic rings. The average molecular weight is 226 g/mol. The van der Waals surface area contributed by atoms with Crippen molar-refractivity contribution in [3.63, 3.8) is 0 Å². The van der Waals surface area contributed by atoms with Crippen molar-refractivity contribution >= 4 is 11.6 Å². The van der Waals surface area contributed by atoms with Crippen LogP contribution in [0.25, 0.3) is 0 Å². The first-order chi connectivity index (χ1) is 7.33. The number of rotatable bonds is 1. The van der Waals surface area contributed by atoms with Crippen LogP contribution in [0.1, 0.15) is 32.1 Å². The van der Waals surface area contributed by atoms with Crippen molar-refractivity contribution in [2.24, 2.45) is 5.18 Å². The van der Waals surface area contributed by atoms with Crippen molar-refractivity contribution in [2.45, 2.75) is 38.1 Å². The molecule has 0 atom stereocenters. The lowest BCUT2D eigenvalue weighted by Gasteiger charge is -2.13. The highest BCUT2D eigenvalue weighted by molar-refractivity contribution is 6.30. The number of nitroso groups, excluding NO2 is 1. The van der Waals surface area contributed by atoms with Gasteiger partial charge in [-0.3, -0.25) is 0 Å². The molecule has 1 saturated carbocycles. The van der Waals surface area contributed by atoms with E-state index in [0.717, 1.165) is 17.9 Å². The van der Waals surface area contributed by atoms with E-state index in [2.05, 4.69) is 5.18 Å². The molecule has 0 unspecified atom stereocenters. The van der Waals surface area contributed by atoms with Gasteiger partial charge >= 0.3 is 0 Å². The van der Waals surface area contributed by atoms with Crippen LogP contribution in [0.2, 0.25) is 5.02 Å². The Morgan fingerprint density at radius 2 is 1.67 bits per heavy atom. The molecular weight excluding hydrogens is 210 g/mol. The van der Waals surface area contributed by atoms with Gasteiger partial charge in [-0.1, -0.05) is 54.2 Å². The third-order valence-corrected chi connectivity index (χ3v) is 2.71. The summed E-state index contributed by atoms with van der Waals surface area (Å²) < 4.78 is 0. The lowest BCUT2D eigenvalue weighted by Crippen LogP contribution is -2.07. The van der Waals surface area contributed by atoms with Crippen LogP contribution in [0, 0.1) is 4.91 Å². The van der Waals surface area contributed by atoms with Crippen LogP contribution in [0.5, 0.6) is 0 Å². The Morgan fingerprint density at radius 1 is 1.07 bits per heavy atom. The summed E-state index contributed by atoms with van der Waals surface area (Å²) in [6, 6.07) is 9.60. The van der Waals surface area contributed by atoms with Crippen molar-refractivity contribution in [2.75, 3.05) is 0 Å². The minimum absolute atomic E-state index is 0.156. The van der Waals surface area contributed by atoms with Gasteiger partial charge in [0.1, 0.15) is 0 Å². The predicted octanol–water partition coefficient (Wildman–Crippen LogP) is 4.43. The topological polar surface area (TPSA) is 29.4 Å². The van der Waals surface area contributed by atoms with Crippen LogP contribution in [-0.4, -0.2) is 6.04 Å². The van der Waals surface area contributed by atoms with Gasteiger partial charge in [-0.15, -0.1) is 0 Å². The second-order valence-corrected chi connectivity index (χ2v) is 4.13. The molecule has 3 heteroatoms. The first-order valence-electron chi connectivity index (χ1n) is 5.36. The molecular formula is C12H16ClNO.